The van der Waals surface area contributed by atoms with Crippen LogP contribution in [0.4, 0.5) is 11.4 Å². The zero-order valence-electron chi connectivity index (χ0n) is 27.9. The fourth-order valence-corrected chi connectivity index (χ4v) is 6.72. The maximum Gasteiger partial charge on any atom is 0.370 e. The largest absolute Gasteiger partial charge is 0.871 e. The molecule has 0 fully saturated rings. The van der Waals surface area contributed by atoms with Crippen molar-refractivity contribution in [2.45, 2.75) is 110 Å². The van der Waals surface area contributed by atoms with E-state index in [1.807, 2.05) is 50.2 Å². The van der Waals surface area contributed by atoms with Crippen LogP contribution in [0.5, 0.6) is 0 Å². The van der Waals surface area contributed by atoms with Gasteiger partial charge in [0, 0.05) is 47.6 Å². The van der Waals surface area contributed by atoms with E-state index in [0.717, 1.165) is 30.0 Å². The molecule has 2 aliphatic rings. The van der Waals surface area contributed by atoms with E-state index in [1.54, 1.807) is 10.7 Å². The van der Waals surface area contributed by atoms with Crippen molar-refractivity contribution >= 4 is 34.4 Å². The molecule has 45 heavy (non-hydrogen) atoms. The molecule has 0 saturated heterocycles. The minimum Gasteiger partial charge on any atom is -0.871 e. The van der Waals surface area contributed by atoms with Gasteiger partial charge >= 0.3 is 5.97 Å². The van der Waals surface area contributed by atoms with E-state index >= 15 is 0 Å². The highest BCUT2D eigenvalue weighted by atomic mass is 16.4. The lowest BCUT2D eigenvalue weighted by molar-refractivity contribution is -0.428. The van der Waals surface area contributed by atoms with Crippen molar-refractivity contribution in [2.24, 2.45) is 0 Å². The molecule has 6 heteroatoms. The number of anilines is 1. The Morgan fingerprint density at radius 1 is 0.844 bits per heavy atom. The van der Waals surface area contributed by atoms with Crippen molar-refractivity contribution in [3.05, 3.63) is 77.1 Å². The maximum atomic E-state index is 13.4. The van der Waals surface area contributed by atoms with Gasteiger partial charge in [0.1, 0.15) is 0 Å². The van der Waals surface area contributed by atoms with Gasteiger partial charge in [-0.2, -0.15) is 4.58 Å². The third kappa shape index (κ3) is 8.14. The zero-order valence-corrected chi connectivity index (χ0v) is 27.9. The summed E-state index contributed by atoms with van der Waals surface area (Å²) in [6.45, 7) is 10.3. The molecule has 242 valence electrons. The molecule has 0 unspecified atom stereocenters. The standard InChI is InChI=1S/C39H52N2O4/c1-5-7-9-11-13-17-25-40(26-18-14-12-10-8-6-2)30-23-21-29(22-24-30)36-37(44)31(38(36)45)27-34-39(3,4)32-19-15-16-20-33(32)41(34)28-35(42)43/h15-16,19-24,27H,5-14,17-18,25-26,28H2,1-4H3,(H-,42,43,44,45). The van der Waals surface area contributed by atoms with Crippen LogP contribution in [0, 0.1) is 0 Å². The number of rotatable bonds is 19. The van der Waals surface area contributed by atoms with Crippen LogP contribution in [0.2, 0.25) is 0 Å². The monoisotopic (exact) mass is 612 g/mol. The number of hydrogen-bond donors (Lipinski definition) is 1. The van der Waals surface area contributed by atoms with Crippen molar-refractivity contribution in [3.63, 3.8) is 0 Å². The lowest BCUT2D eigenvalue weighted by Gasteiger charge is -2.31. The third-order valence-corrected chi connectivity index (χ3v) is 9.40. The summed E-state index contributed by atoms with van der Waals surface area (Å²) in [6.07, 6.45) is 16.7. The number of hydrogen-bond acceptors (Lipinski definition) is 4. The average molecular weight is 613 g/mol. The molecule has 1 aliphatic heterocycles. The predicted molar refractivity (Wildman–Crippen MR) is 182 cm³/mol. The van der Waals surface area contributed by atoms with Gasteiger partial charge in [-0.05, 0) is 44.4 Å². The summed E-state index contributed by atoms with van der Waals surface area (Å²) >= 11 is 0. The highest BCUT2D eigenvalue weighted by Gasteiger charge is 2.46. The van der Waals surface area contributed by atoms with E-state index in [-0.39, 0.29) is 29.2 Å². The Kier molecular flexibility index (Phi) is 12.2. The van der Waals surface area contributed by atoms with Crippen molar-refractivity contribution < 1.29 is 24.4 Å². The van der Waals surface area contributed by atoms with Gasteiger partial charge in [-0.3, -0.25) is 4.79 Å². The molecule has 1 N–H and O–H groups in total. The molecular formula is C39H52N2O4. The number of ketones is 1. The third-order valence-electron chi connectivity index (χ3n) is 9.40. The predicted octanol–water partition coefficient (Wildman–Crippen LogP) is 7.96. The van der Waals surface area contributed by atoms with Gasteiger partial charge in [-0.1, -0.05) is 114 Å². The van der Waals surface area contributed by atoms with Crippen molar-refractivity contribution in [3.8, 4) is 0 Å². The molecule has 2 aromatic rings. The van der Waals surface area contributed by atoms with Crippen LogP contribution in [0.25, 0.3) is 5.57 Å². The van der Waals surface area contributed by atoms with Crippen LogP contribution < -0.4 is 10.0 Å². The number of allylic oxidation sites excluding steroid dienone is 3. The summed E-state index contributed by atoms with van der Waals surface area (Å²) in [5, 5.41) is 23.0. The van der Waals surface area contributed by atoms with Gasteiger partial charge in [-0.25, -0.2) is 4.79 Å². The number of carbonyl (C=O) groups excluding carboxylic acids is 1. The first-order chi connectivity index (χ1) is 21.7. The van der Waals surface area contributed by atoms with Crippen LogP contribution in [-0.2, 0) is 15.0 Å². The number of benzene rings is 2. The first kappa shape index (κ1) is 34.2. The zero-order chi connectivity index (χ0) is 32.4. The SMILES string of the molecule is CCCCCCCCN(CCCCCCCC)c1ccc(C2=C([O-])C(=CC3=[N+](CC(=O)O)c4ccccc4C3(C)C)C2=O)cc1. The average Bonchev–Trinajstić information content (AvgIpc) is 3.23. The van der Waals surface area contributed by atoms with Crippen molar-refractivity contribution in [1.82, 2.24) is 0 Å². The molecule has 6 nitrogen and oxygen atoms in total. The van der Waals surface area contributed by atoms with Gasteiger partial charge < -0.3 is 15.1 Å². The number of para-hydroxylation sites is 1. The number of aliphatic carboxylic acids is 1. The molecule has 0 aromatic heterocycles. The lowest BCUT2D eigenvalue weighted by Crippen LogP contribution is -2.34. The van der Waals surface area contributed by atoms with E-state index in [4.69, 9.17) is 0 Å². The number of nitrogens with zero attached hydrogens (tertiary/aromatic N) is 2. The van der Waals surface area contributed by atoms with E-state index in [0.29, 0.717) is 11.3 Å². The highest BCUT2D eigenvalue weighted by molar-refractivity contribution is 6.40. The Morgan fingerprint density at radius 3 is 1.96 bits per heavy atom. The van der Waals surface area contributed by atoms with Crippen LogP contribution in [0.3, 0.4) is 0 Å². The molecule has 1 heterocycles. The number of fused-ring (bicyclic) bond motifs is 1. The van der Waals surface area contributed by atoms with Gasteiger partial charge in [0.2, 0.25) is 12.2 Å². The summed E-state index contributed by atoms with van der Waals surface area (Å²) in [5.41, 5.74) is 3.99. The normalized spacial score (nSPS) is 16.4. The minimum absolute atomic E-state index is 0.119. The minimum atomic E-state index is -0.973. The number of carbonyl (C=O) groups is 2. The van der Waals surface area contributed by atoms with Crippen molar-refractivity contribution in [2.75, 3.05) is 24.5 Å². The molecule has 4 rings (SSSR count). The maximum absolute atomic E-state index is 13.4. The second-order valence-electron chi connectivity index (χ2n) is 13.2. The lowest BCUT2D eigenvalue weighted by atomic mass is 9.77. The van der Waals surface area contributed by atoms with E-state index in [1.165, 1.54) is 77.0 Å². The smallest absolute Gasteiger partial charge is 0.370 e. The summed E-state index contributed by atoms with van der Waals surface area (Å²) in [5.74, 6) is -1.53. The Balaban J connectivity index is 1.51. The number of carboxylic acids is 1. The molecule has 0 spiro atoms. The number of unbranched alkanes of at least 4 members (excludes halogenated alkanes) is 10. The van der Waals surface area contributed by atoms with Crippen molar-refractivity contribution in [1.29, 1.82) is 0 Å². The Labute approximate surface area is 270 Å². The van der Waals surface area contributed by atoms with E-state index in [2.05, 4.69) is 30.9 Å². The number of Topliss-reactive ketones (excluding diaryl/α,β-unsaturated/α-hetero) is 1. The molecule has 0 bridgehead atoms. The van der Waals surface area contributed by atoms with Crippen LogP contribution in [-0.4, -0.2) is 46.8 Å². The van der Waals surface area contributed by atoms with Gasteiger partial charge in [0.15, 0.2) is 11.5 Å². The van der Waals surface area contributed by atoms with E-state index < -0.39 is 11.4 Å². The molecule has 0 amide bonds. The Hall–Kier alpha value is -3.67. The van der Waals surface area contributed by atoms with Gasteiger partial charge in [0.05, 0.1) is 5.41 Å². The second-order valence-corrected chi connectivity index (χ2v) is 13.2. The molecular weight excluding hydrogens is 560 g/mol. The molecule has 0 atom stereocenters. The van der Waals surface area contributed by atoms with Gasteiger partial charge in [-0.15, -0.1) is 0 Å². The quantitative estimate of drug-likeness (QED) is 0.0989. The topological polar surface area (TPSA) is 83.7 Å². The Bertz CT molecular complexity index is 1420. The Morgan fingerprint density at radius 2 is 1.40 bits per heavy atom. The molecule has 1 aliphatic carbocycles. The summed E-state index contributed by atoms with van der Waals surface area (Å²) in [6, 6.07) is 15.6. The second kappa shape index (κ2) is 16.1. The highest BCUT2D eigenvalue weighted by Crippen LogP contribution is 2.42. The van der Waals surface area contributed by atoms with Crippen LogP contribution >= 0.6 is 0 Å². The summed E-state index contributed by atoms with van der Waals surface area (Å²) in [4.78, 5) is 27.6. The molecule has 0 radical (unpaired) electrons. The van der Waals surface area contributed by atoms with E-state index in [9.17, 15) is 19.8 Å². The first-order valence-electron chi connectivity index (χ1n) is 17.2. The first-order valence-corrected chi connectivity index (χ1v) is 17.2. The number of carboxylic acid groups (broad SMARTS) is 1. The summed E-state index contributed by atoms with van der Waals surface area (Å²) < 4.78 is 1.71. The molecule has 2 aromatic carbocycles. The summed E-state index contributed by atoms with van der Waals surface area (Å²) in [7, 11) is 0. The van der Waals surface area contributed by atoms with Gasteiger partial charge in [0.25, 0.3) is 0 Å². The van der Waals surface area contributed by atoms with Crippen LogP contribution in [0.15, 0.2) is 65.9 Å². The fraction of sp³-hybridized carbons (Fsp3) is 0.513. The fourth-order valence-electron chi connectivity index (χ4n) is 6.72. The molecule has 0 saturated carbocycles. The van der Waals surface area contributed by atoms with Crippen LogP contribution in [0.1, 0.15) is 116 Å².